The van der Waals surface area contributed by atoms with Gasteiger partial charge in [0.05, 0.1) is 5.65 Å². The van der Waals surface area contributed by atoms with Gasteiger partial charge in [-0.15, -0.1) is 82.6 Å². The van der Waals surface area contributed by atoms with Crippen molar-refractivity contribution in [2.75, 3.05) is 0 Å². The zero-order valence-corrected chi connectivity index (χ0v) is 45.8. The number of nitrogens with zero attached hydrogens (tertiary/aromatic N) is 4. The number of hydrogen-bond donors (Lipinski definition) is 0. The van der Waals surface area contributed by atoms with Crippen molar-refractivity contribution in [3.05, 3.63) is 279 Å². The quantitative estimate of drug-likeness (QED) is 0.128. The number of aromatic nitrogens is 4. The second-order valence-electron chi connectivity index (χ2n) is 20.6. The maximum atomic E-state index is 4.82. The van der Waals surface area contributed by atoms with Gasteiger partial charge in [-0.3, -0.25) is 4.98 Å². The Morgan fingerprint density at radius 2 is 0.846 bits per heavy atom. The Bertz CT molecular complexity index is 4270. The first-order chi connectivity index (χ1) is 37.8. The summed E-state index contributed by atoms with van der Waals surface area (Å²) < 4.78 is 2.21. The first-order valence-electron chi connectivity index (χ1n) is 26.1. The third-order valence-electron chi connectivity index (χ3n) is 14.7. The molecular formula is C73H51IrN4. The van der Waals surface area contributed by atoms with Crippen LogP contribution in [-0.2, 0) is 25.5 Å². The molecule has 0 saturated heterocycles. The molecule has 4 nitrogen and oxygen atoms in total. The Hall–Kier alpha value is -9.12. The van der Waals surface area contributed by atoms with Gasteiger partial charge in [-0.05, 0) is 91.8 Å². The summed E-state index contributed by atoms with van der Waals surface area (Å²) in [6.45, 7) is 6.77. The molecule has 4 aromatic heterocycles. The molecule has 0 saturated carbocycles. The average Bonchev–Trinajstić information content (AvgIpc) is 4.16. The normalized spacial score (nSPS) is 11.4. The average molecular weight is 1180 g/mol. The first kappa shape index (κ1) is 49.7. The number of fused-ring (bicyclic) bond motifs is 3. The van der Waals surface area contributed by atoms with E-state index in [1.54, 1.807) is 0 Å². The molecule has 13 rings (SSSR count). The van der Waals surface area contributed by atoms with Gasteiger partial charge in [0.1, 0.15) is 0 Å². The summed E-state index contributed by atoms with van der Waals surface area (Å²) in [5.41, 5.74) is 23.5. The number of hydrogen-bond acceptors (Lipinski definition) is 3. The van der Waals surface area contributed by atoms with Crippen LogP contribution in [-0.4, -0.2) is 19.4 Å². The van der Waals surface area contributed by atoms with E-state index >= 15 is 0 Å². The van der Waals surface area contributed by atoms with Gasteiger partial charge in [0.15, 0.2) is 0 Å². The number of pyridine rings is 3. The molecule has 0 radical (unpaired) electrons. The van der Waals surface area contributed by atoms with Gasteiger partial charge in [-0.25, -0.2) is 0 Å². The fraction of sp³-hybridized carbons (Fsp3) is 0.0548. The molecule has 0 N–H and O–H groups in total. The molecule has 372 valence electrons. The predicted octanol–water partition coefficient (Wildman–Crippen LogP) is 18.6. The van der Waals surface area contributed by atoms with Crippen LogP contribution in [0, 0.1) is 18.2 Å². The fourth-order valence-corrected chi connectivity index (χ4v) is 10.9. The van der Waals surface area contributed by atoms with Crippen LogP contribution in [0.5, 0.6) is 0 Å². The van der Waals surface area contributed by atoms with E-state index < -0.39 is 0 Å². The van der Waals surface area contributed by atoms with Gasteiger partial charge in [-0.2, -0.15) is 0 Å². The maximum Gasteiger partial charge on any atom is 3.00 e. The number of imidazole rings is 1. The van der Waals surface area contributed by atoms with Crippen molar-refractivity contribution < 1.29 is 20.1 Å². The van der Waals surface area contributed by atoms with Crippen LogP contribution in [0.1, 0.15) is 26.5 Å². The molecule has 78 heavy (non-hydrogen) atoms. The van der Waals surface area contributed by atoms with Crippen LogP contribution < -0.4 is 0 Å². The Kier molecular flexibility index (Phi) is 13.5. The molecule has 0 spiro atoms. The SMILES string of the molecule is CC(C)(C)c1cc2cc(-c3ccccc3-c3cc(-c4ccccc4-c4c[c-]c(-c5ccccn5)cc4)cc(-c4ccccc4-c4c[c-]c(-c5ccccn5)cc4-c4ccc(-c5ccccc5)cc4)c3)c[c-]c2c2nccn12.[Ir+3]. The van der Waals surface area contributed by atoms with Gasteiger partial charge in [0.2, 0.25) is 0 Å². The molecule has 0 fully saturated rings. The van der Waals surface area contributed by atoms with Crippen molar-refractivity contribution in [1.29, 1.82) is 0 Å². The van der Waals surface area contributed by atoms with Gasteiger partial charge >= 0.3 is 20.1 Å². The van der Waals surface area contributed by atoms with E-state index in [0.717, 1.165) is 117 Å². The monoisotopic (exact) mass is 1180 g/mol. The molecule has 0 atom stereocenters. The number of benzene rings is 9. The molecule has 0 aliphatic heterocycles. The summed E-state index contributed by atoms with van der Waals surface area (Å²) in [5.74, 6) is 0. The van der Waals surface area contributed by atoms with Crippen molar-refractivity contribution in [3.8, 4) is 112 Å². The molecule has 0 unspecified atom stereocenters. The molecule has 0 bridgehead atoms. The minimum Gasteiger partial charge on any atom is -0.344 e. The smallest absolute Gasteiger partial charge is 0.344 e. The van der Waals surface area contributed by atoms with Crippen LogP contribution >= 0.6 is 0 Å². The van der Waals surface area contributed by atoms with E-state index in [9.17, 15) is 0 Å². The molecule has 13 aromatic rings. The van der Waals surface area contributed by atoms with Crippen LogP contribution in [0.2, 0.25) is 0 Å². The van der Waals surface area contributed by atoms with E-state index in [-0.39, 0.29) is 25.5 Å². The Morgan fingerprint density at radius 1 is 0.346 bits per heavy atom. The van der Waals surface area contributed by atoms with E-state index in [1.807, 2.05) is 48.9 Å². The fourth-order valence-electron chi connectivity index (χ4n) is 10.9. The number of rotatable bonds is 10. The van der Waals surface area contributed by atoms with Gasteiger partial charge in [0.25, 0.3) is 0 Å². The second-order valence-corrected chi connectivity index (χ2v) is 20.6. The molecular weight excluding hydrogens is 1130 g/mol. The van der Waals surface area contributed by atoms with E-state index in [2.05, 4.69) is 255 Å². The second kappa shape index (κ2) is 21.1. The van der Waals surface area contributed by atoms with Crippen molar-refractivity contribution in [2.45, 2.75) is 26.2 Å². The summed E-state index contributed by atoms with van der Waals surface area (Å²) in [6, 6.07) is 93.4. The standard InChI is InChI=1S/C73H51N4.Ir/c1-73(2,3)71-48-59-43-54(35-37-65(59)72-76-41-42-77(71)72)61-20-8-10-22-63(61)57-44-56(62-21-9-7-19-60(62)51-31-33-53(34-32-51)69-25-13-15-39-74-69)45-58(46-57)64-23-11-12-24-66(64)67-38-36-55(70-26-14-16-40-75-70)47-68(67)52-29-27-50(28-30-52)49-17-5-4-6-18-49;/h4-33,35,38-48H,1-3H3;/q-3;+3. The van der Waals surface area contributed by atoms with Crippen molar-refractivity contribution in [1.82, 2.24) is 19.4 Å². The molecule has 4 heterocycles. The van der Waals surface area contributed by atoms with Crippen LogP contribution in [0.4, 0.5) is 0 Å². The molecule has 0 aliphatic rings. The van der Waals surface area contributed by atoms with Crippen LogP contribution in [0.3, 0.4) is 0 Å². The summed E-state index contributed by atoms with van der Waals surface area (Å²) in [5, 5.41) is 2.12. The maximum absolute atomic E-state index is 4.82. The van der Waals surface area contributed by atoms with E-state index in [1.165, 1.54) is 16.8 Å². The summed E-state index contributed by atoms with van der Waals surface area (Å²) in [4.78, 5) is 14.2. The Morgan fingerprint density at radius 3 is 1.44 bits per heavy atom. The largest absolute Gasteiger partial charge is 3.00 e. The molecule has 0 aliphatic carbocycles. The van der Waals surface area contributed by atoms with Crippen molar-refractivity contribution >= 4 is 16.4 Å². The zero-order valence-electron chi connectivity index (χ0n) is 43.4. The Labute approximate surface area is 469 Å². The summed E-state index contributed by atoms with van der Waals surface area (Å²) in [6.07, 6.45) is 7.61. The molecule has 5 heteroatoms. The van der Waals surface area contributed by atoms with Gasteiger partial charge < -0.3 is 14.4 Å². The molecule has 0 amide bonds. The third kappa shape index (κ3) is 9.60. The zero-order chi connectivity index (χ0) is 51.9. The van der Waals surface area contributed by atoms with Gasteiger partial charge in [-0.1, -0.05) is 217 Å². The van der Waals surface area contributed by atoms with Crippen LogP contribution in [0.15, 0.2) is 255 Å². The third-order valence-corrected chi connectivity index (χ3v) is 14.7. The first-order valence-corrected chi connectivity index (χ1v) is 26.1. The summed E-state index contributed by atoms with van der Waals surface area (Å²) >= 11 is 0. The van der Waals surface area contributed by atoms with Crippen molar-refractivity contribution in [2.24, 2.45) is 0 Å². The topological polar surface area (TPSA) is 43.1 Å². The molecule has 9 aromatic carbocycles. The minimum atomic E-state index is -0.101. The predicted molar refractivity (Wildman–Crippen MR) is 318 cm³/mol. The summed E-state index contributed by atoms with van der Waals surface area (Å²) in [7, 11) is 0. The van der Waals surface area contributed by atoms with E-state index in [0.29, 0.717) is 0 Å². The van der Waals surface area contributed by atoms with Gasteiger partial charge in [0, 0.05) is 35.9 Å². The minimum absolute atomic E-state index is 0. The van der Waals surface area contributed by atoms with Crippen LogP contribution in [0.25, 0.3) is 128 Å². The van der Waals surface area contributed by atoms with E-state index in [4.69, 9.17) is 9.97 Å². The van der Waals surface area contributed by atoms with Crippen molar-refractivity contribution in [3.63, 3.8) is 0 Å². The Balaban J connectivity index is 0.00000609.